The predicted molar refractivity (Wildman–Crippen MR) is 87.7 cm³/mol. The van der Waals surface area contributed by atoms with Gasteiger partial charge in [0.15, 0.2) is 0 Å². The zero-order valence-corrected chi connectivity index (χ0v) is 13.4. The Kier molecular flexibility index (Phi) is 4.27. The molecule has 3 rings (SSSR count). The van der Waals surface area contributed by atoms with Crippen LogP contribution in [0.3, 0.4) is 0 Å². The fourth-order valence-corrected chi connectivity index (χ4v) is 2.47. The van der Waals surface area contributed by atoms with Crippen molar-refractivity contribution in [1.29, 1.82) is 0 Å². The molecule has 0 saturated carbocycles. The maximum absolute atomic E-state index is 5.99. The highest BCUT2D eigenvalue weighted by Crippen LogP contribution is 2.22. The summed E-state index contributed by atoms with van der Waals surface area (Å²) in [6.45, 7) is 0.716. The van der Waals surface area contributed by atoms with E-state index in [0.29, 0.717) is 12.5 Å². The average molecular weight is 383 g/mol. The zero-order valence-electron chi connectivity index (χ0n) is 10.1. The predicted octanol–water partition coefficient (Wildman–Crippen LogP) is 4.01. The minimum Gasteiger partial charge on any atom is -0.369 e. The number of hydrogen-bond acceptors (Lipinski definition) is 2. The molecule has 3 aromatic rings. The molecule has 0 spiro atoms. The van der Waals surface area contributed by atoms with Crippen molar-refractivity contribution in [3.05, 3.63) is 58.6 Å². The lowest BCUT2D eigenvalue weighted by Crippen LogP contribution is -2.04. The van der Waals surface area contributed by atoms with E-state index in [1.54, 1.807) is 0 Å². The highest BCUT2D eigenvalue weighted by molar-refractivity contribution is 9.10. The minimum atomic E-state index is 0. The Bertz CT molecular complexity index is 707. The molecule has 0 unspecified atom stereocenters. The van der Waals surface area contributed by atoms with Crippen molar-refractivity contribution in [2.24, 2.45) is 0 Å². The lowest BCUT2D eigenvalue weighted by molar-refractivity contribution is 0.835. The number of nitrogens with zero attached hydrogens (tertiary/aromatic N) is 2. The first-order valence-electron chi connectivity index (χ1n) is 5.70. The first-order valence-corrected chi connectivity index (χ1v) is 6.49. The number of benzene rings is 2. The summed E-state index contributed by atoms with van der Waals surface area (Å²) in [7, 11) is 0. The normalized spacial score (nSPS) is 10.4. The highest BCUT2D eigenvalue weighted by Gasteiger charge is 2.08. The van der Waals surface area contributed by atoms with Crippen molar-refractivity contribution in [1.82, 2.24) is 9.55 Å². The fraction of sp³-hybridized carbons (Fsp3) is 0.0714. The van der Waals surface area contributed by atoms with Crippen molar-refractivity contribution >= 4 is 49.9 Å². The molecular formula is C14H13Br2N3. The third-order valence-corrected chi connectivity index (χ3v) is 3.74. The number of rotatable bonds is 2. The van der Waals surface area contributed by atoms with Crippen LogP contribution in [-0.2, 0) is 6.54 Å². The van der Waals surface area contributed by atoms with Gasteiger partial charge in [0.25, 0.3) is 0 Å². The summed E-state index contributed by atoms with van der Waals surface area (Å²) in [6, 6.07) is 16.1. The minimum absolute atomic E-state index is 0. The highest BCUT2D eigenvalue weighted by atomic mass is 79.9. The Morgan fingerprint density at radius 1 is 1.05 bits per heavy atom. The Hall–Kier alpha value is -1.33. The number of imidazole rings is 1. The van der Waals surface area contributed by atoms with Gasteiger partial charge in [-0.15, -0.1) is 17.0 Å². The summed E-state index contributed by atoms with van der Waals surface area (Å²) in [5.41, 5.74) is 9.17. The van der Waals surface area contributed by atoms with Crippen LogP contribution < -0.4 is 5.73 Å². The molecule has 0 fully saturated rings. The number of nitrogens with two attached hydrogens (primary N) is 1. The number of anilines is 1. The maximum Gasteiger partial charge on any atom is 0.201 e. The van der Waals surface area contributed by atoms with Crippen LogP contribution in [0.5, 0.6) is 0 Å². The lowest BCUT2D eigenvalue weighted by atomic mass is 10.2. The summed E-state index contributed by atoms with van der Waals surface area (Å²) in [5.74, 6) is 0.548. The molecule has 19 heavy (non-hydrogen) atoms. The second kappa shape index (κ2) is 5.75. The van der Waals surface area contributed by atoms with Crippen molar-refractivity contribution in [3.63, 3.8) is 0 Å². The second-order valence-corrected chi connectivity index (χ2v) is 4.99. The zero-order chi connectivity index (χ0) is 12.5. The van der Waals surface area contributed by atoms with E-state index in [-0.39, 0.29) is 17.0 Å². The van der Waals surface area contributed by atoms with Gasteiger partial charge >= 0.3 is 0 Å². The summed E-state index contributed by atoms with van der Waals surface area (Å²) in [6.07, 6.45) is 0. The molecule has 0 aliphatic carbocycles. The van der Waals surface area contributed by atoms with E-state index in [1.165, 1.54) is 5.56 Å². The lowest BCUT2D eigenvalue weighted by Gasteiger charge is -2.08. The van der Waals surface area contributed by atoms with Crippen LogP contribution in [0.1, 0.15) is 5.56 Å². The van der Waals surface area contributed by atoms with Crippen LogP contribution in [-0.4, -0.2) is 9.55 Å². The molecular weight excluding hydrogens is 370 g/mol. The summed E-state index contributed by atoms with van der Waals surface area (Å²) < 4.78 is 3.11. The molecule has 3 nitrogen and oxygen atoms in total. The third kappa shape index (κ3) is 2.67. The Balaban J connectivity index is 0.00000133. The molecule has 2 aromatic carbocycles. The number of aromatic nitrogens is 2. The Morgan fingerprint density at radius 3 is 2.53 bits per heavy atom. The van der Waals surface area contributed by atoms with E-state index in [2.05, 4.69) is 27.0 Å². The van der Waals surface area contributed by atoms with Crippen LogP contribution >= 0.6 is 32.9 Å². The van der Waals surface area contributed by atoms with Gasteiger partial charge in [-0.3, -0.25) is 0 Å². The molecule has 5 heteroatoms. The molecule has 2 N–H and O–H groups in total. The first-order chi connectivity index (χ1) is 8.75. The fourth-order valence-electron chi connectivity index (χ4n) is 2.06. The van der Waals surface area contributed by atoms with Crippen molar-refractivity contribution in [2.75, 3.05) is 5.73 Å². The molecule has 0 aliphatic rings. The molecule has 0 atom stereocenters. The SMILES string of the molecule is Br.Nc1nc2ccccc2n1Cc1ccccc1Br. The molecule has 0 aliphatic heterocycles. The van der Waals surface area contributed by atoms with Gasteiger partial charge in [-0.2, -0.15) is 0 Å². The molecule has 1 heterocycles. The van der Waals surface area contributed by atoms with E-state index in [1.807, 2.05) is 47.0 Å². The standard InChI is InChI=1S/C14H12BrN3.BrH/c15-11-6-2-1-5-10(11)9-18-13-8-4-3-7-12(13)17-14(18)16;/h1-8H,9H2,(H2,16,17);1H. The van der Waals surface area contributed by atoms with E-state index < -0.39 is 0 Å². The summed E-state index contributed by atoms with van der Waals surface area (Å²) in [4.78, 5) is 4.36. The number of hydrogen-bond donors (Lipinski definition) is 1. The van der Waals surface area contributed by atoms with Crippen LogP contribution in [0, 0.1) is 0 Å². The monoisotopic (exact) mass is 381 g/mol. The van der Waals surface area contributed by atoms with Gasteiger partial charge in [-0.25, -0.2) is 4.98 Å². The largest absolute Gasteiger partial charge is 0.369 e. The van der Waals surface area contributed by atoms with Crippen molar-refractivity contribution in [3.8, 4) is 0 Å². The van der Waals surface area contributed by atoms with Gasteiger partial charge in [0.05, 0.1) is 17.6 Å². The average Bonchev–Trinajstić information content (AvgIpc) is 2.69. The maximum atomic E-state index is 5.99. The van der Waals surface area contributed by atoms with Gasteiger partial charge in [0, 0.05) is 4.47 Å². The number of fused-ring (bicyclic) bond motifs is 1. The van der Waals surface area contributed by atoms with Crippen molar-refractivity contribution in [2.45, 2.75) is 6.54 Å². The third-order valence-electron chi connectivity index (χ3n) is 2.97. The van der Waals surface area contributed by atoms with Crippen LogP contribution in [0.4, 0.5) is 5.95 Å². The molecule has 0 saturated heterocycles. The van der Waals surface area contributed by atoms with Gasteiger partial charge in [-0.1, -0.05) is 46.3 Å². The van der Waals surface area contributed by atoms with Crippen LogP contribution in [0.25, 0.3) is 11.0 Å². The number of para-hydroxylation sites is 2. The number of nitrogen functional groups attached to an aromatic ring is 1. The van der Waals surface area contributed by atoms with E-state index in [0.717, 1.165) is 15.5 Å². The molecule has 0 radical (unpaired) electrons. The number of halogens is 2. The van der Waals surface area contributed by atoms with E-state index in [9.17, 15) is 0 Å². The molecule has 1 aromatic heterocycles. The van der Waals surface area contributed by atoms with Gasteiger partial charge in [0.1, 0.15) is 0 Å². The molecule has 0 bridgehead atoms. The topological polar surface area (TPSA) is 43.8 Å². The van der Waals surface area contributed by atoms with Crippen LogP contribution in [0.15, 0.2) is 53.0 Å². The summed E-state index contributed by atoms with van der Waals surface area (Å²) >= 11 is 3.56. The first kappa shape index (κ1) is 14.1. The molecule has 98 valence electrons. The van der Waals surface area contributed by atoms with Gasteiger partial charge in [0.2, 0.25) is 5.95 Å². The summed E-state index contributed by atoms with van der Waals surface area (Å²) in [5, 5.41) is 0. The second-order valence-electron chi connectivity index (χ2n) is 4.14. The van der Waals surface area contributed by atoms with Gasteiger partial charge in [-0.05, 0) is 23.8 Å². The van der Waals surface area contributed by atoms with Gasteiger partial charge < -0.3 is 10.3 Å². The quantitative estimate of drug-likeness (QED) is 0.727. The van der Waals surface area contributed by atoms with E-state index in [4.69, 9.17) is 5.73 Å². The van der Waals surface area contributed by atoms with Crippen molar-refractivity contribution < 1.29 is 0 Å². The Morgan fingerprint density at radius 2 is 1.74 bits per heavy atom. The molecule has 0 amide bonds. The van der Waals surface area contributed by atoms with E-state index >= 15 is 0 Å². The Labute approximate surface area is 130 Å². The van der Waals surface area contributed by atoms with Crippen LogP contribution in [0.2, 0.25) is 0 Å². The smallest absolute Gasteiger partial charge is 0.201 e.